The van der Waals surface area contributed by atoms with Crippen molar-refractivity contribution >= 4 is 35.5 Å². The zero-order chi connectivity index (χ0) is 27.1. The zero-order valence-corrected chi connectivity index (χ0v) is 22.4. The quantitative estimate of drug-likeness (QED) is 0.314. The van der Waals surface area contributed by atoms with Crippen LogP contribution >= 0.6 is 11.8 Å². The number of thioether (sulfide) groups is 1. The van der Waals surface area contributed by atoms with Gasteiger partial charge in [-0.15, -0.1) is 16.9 Å². The van der Waals surface area contributed by atoms with E-state index in [0.29, 0.717) is 31.0 Å². The second-order valence-electron chi connectivity index (χ2n) is 10.5. The van der Waals surface area contributed by atoms with Gasteiger partial charge in [-0.2, -0.15) is 0 Å². The van der Waals surface area contributed by atoms with E-state index in [1.807, 2.05) is 18.9 Å². The minimum Gasteiger partial charge on any atom is -0.477 e. The molecular formula is C23H33N9O5S. The minimum absolute atomic E-state index is 0.0175. The Hall–Kier alpha value is -3.04. The number of nitrogens with one attached hydrogen (secondary N) is 2. The smallest absolute Gasteiger partial charge is 0.353 e. The van der Waals surface area contributed by atoms with Gasteiger partial charge in [0, 0.05) is 54.8 Å². The minimum atomic E-state index is -1.14. The van der Waals surface area contributed by atoms with Crippen molar-refractivity contribution in [2.75, 3.05) is 39.8 Å². The van der Waals surface area contributed by atoms with Crippen LogP contribution in [0, 0.1) is 11.8 Å². The predicted molar refractivity (Wildman–Crippen MR) is 135 cm³/mol. The summed E-state index contributed by atoms with van der Waals surface area (Å²) >= 11 is 1.46. The Bertz CT molecular complexity index is 1140. The van der Waals surface area contributed by atoms with Gasteiger partial charge in [-0.1, -0.05) is 6.92 Å². The molecule has 4 aliphatic heterocycles. The van der Waals surface area contributed by atoms with E-state index in [1.165, 1.54) is 27.7 Å². The summed E-state index contributed by atoms with van der Waals surface area (Å²) in [5, 5.41) is 26.9. The van der Waals surface area contributed by atoms with E-state index in [0.717, 1.165) is 13.1 Å². The highest BCUT2D eigenvalue weighted by atomic mass is 32.2. The molecule has 0 spiro atoms. The molecule has 3 amide bonds. The van der Waals surface area contributed by atoms with E-state index in [-0.39, 0.29) is 53.2 Å². The maximum atomic E-state index is 13.1. The number of carbonyl (C=O) groups excluding carboxylic acids is 3. The van der Waals surface area contributed by atoms with Crippen LogP contribution in [0.15, 0.2) is 16.9 Å². The lowest BCUT2D eigenvalue weighted by molar-refractivity contribution is -0.158. The van der Waals surface area contributed by atoms with E-state index in [9.17, 15) is 24.3 Å². The molecule has 5 rings (SSSR count). The van der Waals surface area contributed by atoms with Crippen molar-refractivity contribution in [3.8, 4) is 0 Å². The lowest BCUT2D eigenvalue weighted by Gasteiger charge is -2.47. The molecule has 3 N–H and O–H groups in total. The summed E-state index contributed by atoms with van der Waals surface area (Å²) in [6.07, 6.45) is 1.93. The van der Waals surface area contributed by atoms with Gasteiger partial charge in [0.15, 0.2) is 0 Å². The van der Waals surface area contributed by atoms with Gasteiger partial charge in [-0.3, -0.25) is 14.4 Å². The number of aromatic nitrogens is 4. The number of amides is 3. The standard InChI is InChI=1S/C23H33N9O5S/c1-12-18-17(13(2)26-16(33)10-31-11-25-27-28-31)22(35)32(18)19(23(36)37)20(12)38-14-8-15(24-9-14)21(34)30-6-4-29(3)5-7-30/h11-15,17-18,24H,4-10H2,1-3H3,(H,26,33)(H,36,37)/t12-,13-,14+,15+,17-,18-/m1/s1. The van der Waals surface area contributed by atoms with E-state index in [2.05, 4.69) is 31.1 Å². The molecule has 6 atom stereocenters. The zero-order valence-electron chi connectivity index (χ0n) is 21.6. The van der Waals surface area contributed by atoms with Crippen LogP contribution in [-0.4, -0.2) is 127 Å². The van der Waals surface area contributed by atoms with Gasteiger partial charge >= 0.3 is 5.97 Å². The number of rotatable bonds is 8. The van der Waals surface area contributed by atoms with Gasteiger partial charge in [0.05, 0.1) is 18.0 Å². The van der Waals surface area contributed by atoms with E-state index in [1.54, 1.807) is 6.92 Å². The molecule has 4 aliphatic rings. The third kappa shape index (κ3) is 4.89. The Kier molecular flexibility index (Phi) is 7.42. The average molecular weight is 548 g/mol. The fourth-order valence-corrected chi connectivity index (χ4v) is 7.37. The first-order chi connectivity index (χ1) is 18.2. The maximum Gasteiger partial charge on any atom is 0.353 e. The number of carboxylic acids is 1. The van der Waals surface area contributed by atoms with Crippen molar-refractivity contribution in [2.45, 2.75) is 50.2 Å². The van der Waals surface area contributed by atoms with Crippen LogP contribution in [0.3, 0.4) is 0 Å². The Labute approximate surface area is 224 Å². The second-order valence-corrected chi connectivity index (χ2v) is 11.8. The molecule has 5 heterocycles. The Morgan fingerprint density at radius 1 is 1.26 bits per heavy atom. The SMILES string of the molecule is C[C@@H](NC(=O)Cn1cnnn1)[C@H]1C(=O)N2C(C(=O)O)=C(S[C@@H]3CN[C@H](C(=O)N4CCN(C)CC4)C3)[C@H](C)[C@H]12. The molecule has 1 aromatic heterocycles. The Morgan fingerprint density at radius 2 is 2.00 bits per heavy atom. The summed E-state index contributed by atoms with van der Waals surface area (Å²) in [4.78, 5) is 57.0. The summed E-state index contributed by atoms with van der Waals surface area (Å²) in [6, 6.07) is -1.13. The van der Waals surface area contributed by atoms with Gasteiger partial charge in [0.25, 0.3) is 0 Å². The number of carbonyl (C=O) groups is 4. The van der Waals surface area contributed by atoms with E-state index < -0.39 is 17.9 Å². The van der Waals surface area contributed by atoms with Crippen molar-refractivity contribution in [1.82, 2.24) is 45.5 Å². The largest absolute Gasteiger partial charge is 0.477 e. The Balaban J connectivity index is 1.22. The number of β-lactam (4-membered cyclic amide) rings is 1. The number of hydrogen-bond acceptors (Lipinski definition) is 10. The first-order valence-corrected chi connectivity index (χ1v) is 13.7. The highest BCUT2D eigenvalue weighted by Gasteiger charge is 2.60. The summed E-state index contributed by atoms with van der Waals surface area (Å²) in [6.45, 7) is 7.32. The molecule has 14 nitrogen and oxygen atoms in total. The van der Waals surface area contributed by atoms with Crippen LogP contribution in [-0.2, 0) is 25.7 Å². The normalized spacial score (nSPS) is 30.3. The highest BCUT2D eigenvalue weighted by Crippen LogP contribution is 2.51. The summed E-state index contributed by atoms with van der Waals surface area (Å²) < 4.78 is 1.28. The molecule has 3 saturated heterocycles. The van der Waals surface area contributed by atoms with Crippen molar-refractivity contribution in [3.05, 3.63) is 16.9 Å². The summed E-state index contributed by atoms with van der Waals surface area (Å²) in [5.41, 5.74) is 0.0230. The monoisotopic (exact) mass is 547 g/mol. The number of nitrogens with zero attached hydrogens (tertiary/aromatic N) is 7. The fourth-order valence-electron chi connectivity index (χ4n) is 5.89. The van der Waals surface area contributed by atoms with Crippen molar-refractivity contribution in [1.29, 1.82) is 0 Å². The number of hydrogen-bond donors (Lipinski definition) is 3. The van der Waals surface area contributed by atoms with Crippen molar-refractivity contribution < 1.29 is 24.3 Å². The number of likely N-dealkylation sites (N-methyl/N-ethyl adjacent to an activating group) is 1. The number of piperazine rings is 1. The number of fused-ring (bicyclic) bond motifs is 1. The van der Waals surface area contributed by atoms with Crippen LogP contribution in [0.4, 0.5) is 0 Å². The molecular weight excluding hydrogens is 514 g/mol. The van der Waals surface area contributed by atoms with Gasteiger partial charge in [0.2, 0.25) is 17.7 Å². The topological polar surface area (TPSA) is 166 Å². The average Bonchev–Trinajstić information content (AvgIpc) is 3.60. The molecule has 15 heteroatoms. The maximum absolute atomic E-state index is 13.1. The molecule has 3 fully saturated rings. The number of tetrazole rings is 1. The molecule has 0 radical (unpaired) electrons. The fraction of sp³-hybridized carbons (Fsp3) is 0.696. The molecule has 1 aromatic rings. The van der Waals surface area contributed by atoms with Crippen LogP contribution in [0.25, 0.3) is 0 Å². The van der Waals surface area contributed by atoms with Crippen LogP contribution in [0.1, 0.15) is 20.3 Å². The lowest BCUT2D eigenvalue weighted by atomic mass is 9.78. The predicted octanol–water partition coefficient (Wildman–Crippen LogP) is -1.81. The first-order valence-electron chi connectivity index (χ1n) is 12.8. The van der Waals surface area contributed by atoms with Crippen LogP contribution in [0.2, 0.25) is 0 Å². The van der Waals surface area contributed by atoms with E-state index in [4.69, 9.17) is 0 Å². The molecule has 0 bridgehead atoms. The third-order valence-corrected chi connectivity index (χ3v) is 9.42. The molecule has 0 aromatic carbocycles. The molecule has 206 valence electrons. The van der Waals surface area contributed by atoms with Gasteiger partial charge in [0.1, 0.15) is 18.6 Å². The van der Waals surface area contributed by atoms with Crippen LogP contribution < -0.4 is 10.6 Å². The number of carboxylic acid groups (broad SMARTS) is 1. The van der Waals surface area contributed by atoms with Crippen molar-refractivity contribution in [3.63, 3.8) is 0 Å². The molecule has 0 aliphatic carbocycles. The molecule has 0 unspecified atom stereocenters. The highest BCUT2D eigenvalue weighted by molar-refractivity contribution is 8.03. The first kappa shape index (κ1) is 26.6. The lowest BCUT2D eigenvalue weighted by Crippen LogP contribution is -2.66. The molecule has 0 saturated carbocycles. The molecule has 38 heavy (non-hydrogen) atoms. The van der Waals surface area contributed by atoms with Gasteiger partial charge in [-0.25, -0.2) is 9.48 Å². The Morgan fingerprint density at radius 3 is 2.66 bits per heavy atom. The van der Waals surface area contributed by atoms with Crippen molar-refractivity contribution in [2.24, 2.45) is 11.8 Å². The third-order valence-electron chi connectivity index (χ3n) is 7.91. The number of aliphatic carboxylic acids is 1. The van der Waals surface area contributed by atoms with Gasteiger partial charge in [-0.05, 0) is 30.8 Å². The van der Waals surface area contributed by atoms with Gasteiger partial charge < -0.3 is 30.4 Å². The van der Waals surface area contributed by atoms with Crippen LogP contribution in [0.5, 0.6) is 0 Å². The summed E-state index contributed by atoms with van der Waals surface area (Å²) in [5.74, 6) is -2.43. The second kappa shape index (κ2) is 10.6. The summed E-state index contributed by atoms with van der Waals surface area (Å²) in [7, 11) is 2.04. The van der Waals surface area contributed by atoms with E-state index >= 15 is 0 Å².